The van der Waals surface area contributed by atoms with Crippen molar-refractivity contribution in [3.8, 4) is 0 Å². The summed E-state index contributed by atoms with van der Waals surface area (Å²) in [7, 11) is 0. The van der Waals surface area contributed by atoms with Crippen molar-refractivity contribution in [1.82, 2.24) is 0 Å². The van der Waals surface area contributed by atoms with Gasteiger partial charge in [-0.3, -0.25) is 14.4 Å². The van der Waals surface area contributed by atoms with Crippen molar-refractivity contribution in [2.75, 3.05) is 0 Å². The summed E-state index contributed by atoms with van der Waals surface area (Å²) in [4.78, 5) is 46.6. The summed E-state index contributed by atoms with van der Waals surface area (Å²) >= 11 is 0. The van der Waals surface area contributed by atoms with Gasteiger partial charge in [-0.1, -0.05) is 65.2 Å². The van der Waals surface area contributed by atoms with E-state index in [2.05, 4.69) is 13.8 Å². The number of ether oxygens (including phenoxy) is 2. The molecule has 0 saturated heterocycles. The van der Waals surface area contributed by atoms with Gasteiger partial charge in [0, 0.05) is 19.3 Å². The maximum absolute atomic E-state index is 11.8. The Bertz CT molecular complexity index is 499. The fourth-order valence-corrected chi connectivity index (χ4v) is 2.60. The molecule has 0 unspecified atom stereocenters. The van der Waals surface area contributed by atoms with E-state index in [-0.39, 0.29) is 87.7 Å². The van der Waals surface area contributed by atoms with Gasteiger partial charge in [-0.2, -0.15) is 0 Å². The minimum absolute atomic E-state index is 0. The molecule has 1 atom stereocenters. The Hall–Kier alpha value is 0.240. The van der Waals surface area contributed by atoms with Gasteiger partial charge in [0.15, 0.2) is 0 Å². The van der Waals surface area contributed by atoms with Gasteiger partial charge >= 0.3 is 83.0 Å². The largest absolute Gasteiger partial charge is 1.00 e. The third-order valence-corrected chi connectivity index (χ3v) is 4.37. The zero-order chi connectivity index (χ0) is 21.2. The standard InChI is InChI=1S/C21H37NO6.2Na.2H/c1-3-5-7-9-11-13-18(23)27-20(25)16-15-17(22)21(26)28-19(24)14-12-10-8-6-4-2;;;;/h17H,3-16,22H2,1-2H3;;;;/q;2*+1;2*-1/t17-;;;;/m0..../s1. The maximum Gasteiger partial charge on any atom is 1.00 e. The Labute approximate surface area is 228 Å². The van der Waals surface area contributed by atoms with E-state index in [1.54, 1.807) is 0 Å². The van der Waals surface area contributed by atoms with E-state index in [1.165, 1.54) is 0 Å². The molecule has 0 saturated carbocycles. The Balaban J connectivity index is -0.000000607. The molecule has 0 radical (unpaired) electrons. The van der Waals surface area contributed by atoms with Gasteiger partial charge in [-0.25, -0.2) is 4.79 Å². The molecule has 0 fully saturated rings. The van der Waals surface area contributed by atoms with Crippen LogP contribution in [0.2, 0.25) is 0 Å². The van der Waals surface area contributed by atoms with Gasteiger partial charge < -0.3 is 18.1 Å². The third-order valence-electron chi connectivity index (χ3n) is 4.37. The molecule has 0 heterocycles. The van der Waals surface area contributed by atoms with E-state index < -0.39 is 29.9 Å². The number of unbranched alkanes of at least 4 members (excludes halogenated alkanes) is 8. The molecule has 166 valence electrons. The number of carbonyl (C=O) groups excluding carboxylic acids is 4. The molecule has 9 heteroatoms. The first kappa shape index (κ1) is 34.8. The van der Waals surface area contributed by atoms with Crippen LogP contribution >= 0.6 is 0 Å². The minimum atomic E-state index is -1.10. The van der Waals surface area contributed by atoms with Crippen molar-refractivity contribution in [3.05, 3.63) is 0 Å². The number of hydrogen-bond acceptors (Lipinski definition) is 7. The molecule has 0 aliphatic rings. The van der Waals surface area contributed by atoms with E-state index in [4.69, 9.17) is 15.2 Å². The van der Waals surface area contributed by atoms with Crippen LogP contribution in [-0.4, -0.2) is 29.9 Å². The summed E-state index contributed by atoms with van der Waals surface area (Å²) in [5, 5.41) is 0. The van der Waals surface area contributed by atoms with Gasteiger partial charge in [-0.05, 0) is 19.3 Å². The van der Waals surface area contributed by atoms with Crippen LogP contribution in [0, 0.1) is 0 Å². The van der Waals surface area contributed by atoms with Crippen LogP contribution in [0.3, 0.4) is 0 Å². The van der Waals surface area contributed by atoms with Crippen LogP contribution in [0.5, 0.6) is 0 Å². The summed E-state index contributed by atoms with van der Waals surface area (Å²) in [6.07, 6.45) is 9.99. The average Bonchev–Trinajstić information content (AvgIpc) is 2.65. The second-order valence-corrected chi connectivity index (χ2v) is 7.11. The summed E-state index contributed by atoms with van der Waals surface area (Å²) in [5.41, 5.74) is 5.65. The maximum atomic E-state index is 11.8. The van der Waals surface area contributed by atoms with E-state index in [0.717, 1.165) is 51.4 Å². The van der Waals surface area contributed by atoms with Crippen LogP contribution in [-0.2, 0) is 28.7 Å². The Morgan fingerprint density at radius 2 is 1.07 bits per heavy atom. The molecule has 0 spiro atoms. The second-order valence-electron chi connectivity index (χ2n) is 7.11. The number of nitrogens with two attached hydrogens (primary N) is 1. The van der Waals surface area contributed by atoms with Crippen molar-refractivity contribution in [2.24, 2.45) is 5.73 Å². The van der Waals surface area contributed by atoms with Crippen molar-refractivity contribution in [2.45, 2.75) is 110 Å². The van der Waals surface area contributed by atoms with Crippen LogP contribution in [0.4, 0.5) is 0 Å². The van der Waals surface area contributed by atoms with Gasteiger partial charge in [0.1, 0.15) is 6.04 Å². The summed E-state index contributed by atoms with van der Waals surface area (Å²) < 4.78 is 9.40. The van der Waals surface area contributed by atoms with Gasteiger partial charge in [-0.15, -0.1) is 0 Å². The molecular formula is C21H39NNa2O6. The van der Waals surface area contributed by atoms with E-state index in [1.807, 2.05) is 0 Å². The Kier molecular flexibility index (Phi) is 27.8. The Morgan fingerprint density at radius 3 is 1.53 bits per heavy atom. The smallest absolute Gasteiger partial charge is 1.00 e. The normalized spacial score (nSPS) is 10.9. The molecule has 0 aromatic heterocycles. The molecule has 0 amide bonds. The molecule has 0 aromatic carbocycles. The molecule has 0 rings (SSSR count). The van der Waals surface area contributed by atoms with Gasteiger partial charge in [0.2, 0.25) is 0 Å². The number of hydrogen-bond donors (Lipinski definition) is 1. The predicted molar refractivity (Wildman–Crippen MR) is 108 cm³/mol. The van der Waals surface area contributed by atoms with Crippen molar-refractivity contribution in [1.29, 1.82) is 0 Å². The van der Waals surface area contributed by atoms with Crippen molar-refractivity contribution < 1.29 is 90.6 Å². The number of carbonyl (C=O) groups is 4. The van der Waals surface area contributed by atoms with E-state index >= 15 is 0 Å². The summed E-state index contributed by atoms with van der Waals surface area (Å²) in [5.74, 6) is -2.73. The van der Waals surface area contributed by atoms with Crippen LogP contribution in [0.25, 0.3) is 0 Å². The first-order valence-electron chi connectivity index (χ1n) is 10.6. The molecular weight excluding hydrogens is 408 g/mol. The SMILES string of the molecule is CCCCCCCC(=O)OC(=O)CC[C@H](N)C(=O)OC(=O)CCCCCCC.[H-].[H-].[Na+].[Na+]. The van der Waals surface area contributed by atoms with Crippen molar-refractivity contribution in [3.63, 3.8) is 0 Å². The molecule has 2 N–H and O–H groups in total. The van der Waals surface area contributed by atoms with Crippen molar-refractivity contribution >= 4 is 23.9 Å². The molecule has 0 aliphatic carbocycles. The Morgan fingerprint density at radius 1 is 0.667 bits per heavy atom. The number of rotatable bonds is 16. The van der Waals surface area contributed by atoms with Crippen LogP contribution in [0.1, 0.15) is 107 Å². The van der Waals surface area contributed by atoms with Crippen LogP contribution < -0.4 is 64.8 Å². The molecule has 7 nitrogen and oxygen atoms in total. The fourth-order valence-electron chi connectivity index (χ4n) is 2.60. The predicted octanol–water partition coefficient (Wildman–Crippen LogP) is -1.81. The fraction of sp³-hybridized carbons (Fsp3) is 0.810. The van der Waals surface area contributed by atoms with Crippen LogP contribution in [0.15, 0.2) is 0 Å². The zero-order valence-corrected chi connectivity index (χ0v) is 23.5. The molecule has 30 heavy (non-hydrogen) atoms. The quantitative estimate of drug-likeness (QED) is 0.128. The molecule has 0 aromatic rings. The monoisotopic (exact) mass is 447 g/mol. The average molecular weight is 448 g/mol. The zero-order valence-electron chi connectivity index (χ0n) is 21.5. The second kappa shape index (κ2) is 23.9. The van der Waals surface area contributed by atoms with E-state index in [0.29, 0.717) is 12.8 Å². The molecule has 0 bridgehead atoms. The van der Waals surface area contributed by atoms with E-state index in [9.17, 15) is 19.2 Å². The topological polar surface area (TPSA) is 113 Å². The van der Waals surface area contributed by atoms with Gasteiger partial charge in [0.05, 0.1) is 0 Å². The number of esters is 4. The molecule has 0 aliphatic heterocycles. The third kappa shape index (κ3) is 21.5. The summed E-state index contributed by atoms with van der Waals surface area (Å²) in [6, 6.07) is -1.10. The first-order chi connectivity index (χ1) is 13.4. The minimum Gasteiger partial charge on any atom is -1.00 e. The van der Waals surface area contributed by atoms with Gasteiger partial charge in [0.25, 0.3) is 0 Å². The summed E-state index contributed by atoms with van der Waals surface area (Å²) in [6.45, 7) is 4.21. The first-order valence-corrected chi connectivity index (χ1v) is 10.6.